The minimum Gasteiger partial charge on any atom is -0.490 e. The number of benzene rings is 2. The molecule has 2 N–H and O–H groups in total. The van der Waals surface area contributed by atoms with Gasteiger partial charge in [0.2, 0.25) is 0 Å². The molecule has 0 aliphatic carbocycles. The maximum atomic E-state index is 13.5. The molecule has 0 heterocycles. The van der Waals surface area contributed by atoms with Crippen LogP contribution in [0.4, 0.5) is 20.2 Å². The number of nitro groups is 1. The Morgan fingerprint density at radius 3 is 2.50 bits per heavy atom. The van der Waals surface area contributed by atoms with E-state index >= 15 is 0 Å². The zero-order chi connectivity index (χ0) is 16.3. The van der Waals surface area contributed by atoms with Gasteiger partial charge in [-0.1, -0.05) is 0 Å². The average molecular weight is 310 g/mol. The van der Waals surface area contributed by atoms with E-state index in [0.717, 1.165) is 24.3 Å². The Morgan fingerprint density at radius 1 is 1.18 bits per heavy atom. The number of hydrogen-bond acceptors (Lipinski definition) is 5. The number of nitrogens with two attached hydrogens (primary N) is 1. The smallest absolute Gasteiger partial charge is 0.317 e. The van der Waals surface area contributed by atoms with E-state index in [0.29, 0.717) is 0 Å². The highest BCUT2D eigenvalue weighted by Crippen LogP contribution is 2.33. The van der Waals surface area contributed by atoms with E-state index in [1.54, 1.807) is 0 Å². The van der Waals surface area contributed by atoms with Crippen molar-refractivity contribution >= 4 is 11.4 Å². The lowest BCUT2D eigenvalue weighted by Crippen LogP contribution is -2.05. The lowest BCUT2D eigenvalue weighted by molar-refractivity contribution is -0.386. The number of rotatable bonds is 5. The Hall–Kier alpha value is -2.90. The van der Waals surface area contributed by atoms with Gasteiger partial charge in [0.1, 0.15) is 24.0 Å². The van der Waals surface area contributed by atoms with Crippen molar-refractivity contribution in [1.82, 2.24) is 0 Å². The fourth-order valence-electron chi connectivity index (χ4n) is 1.89. The summed E-state index contributed by atoms with van der Waals surface area (Å²) in [6, 6.07) is 5.34. The van der Waals surface area contributed by atoms with Crippen LogP contribution in [-0.2, 0) is 6.61 Å². The van der Waals surface area contributed by atoms with Crippen molar-refractivity contribution in [1.29, 1.82) is 0 Å². The second kappa shape index (κ2) is 6.25. The normalized spacial score (nSPS) is 10.3. The zero-order valence-corrected chi connectivity index (χ0v) is 11.5. The van der Waals surface area contributed by atoms with Crippen LogP contribution in [0, 0.1) is 21.7 Å². The highest BCUT2D eigenvalue weighted by Gasteiger charge is 2.23. The van der Waals surface area contributed by atoms with Crippen LogP contribution in [0.1, 0.15) is 5.56 Å². The van der Waals surface area contributed by atoms with Crippen LogP contribution in [0.25, 0.3) is 0 Å². The van der Waals surface area contributed by atoms with E-state index in [1.807, 2.05) is 0 Å². The zero-order valence-electron chi connectivity index (χ0n) is 11.5. The van der Waals surface area contributed by atoms with Gasteiger partial charge in [0, 0.05) is 12.1 Å². The summed E-state index contributed by atoms with van der Waals surface area (Å²) >= 11 is 0. The molecule has 2 aromatic rings. The molecular weight excluding hydrogens is 298 g/mol. The van der Waals surface area contributed by atoms with E-state index in [1.165, 1.54) is 13.2 Å². The third-order valence-corrected chi connectivity index (χ3v) is 2.88. The summed E-state index contributed by atoms with van der Waals surface area (Å²) in [5.41, 5.74) is 5.30. The summed E-state index contributed by atoms with van der Waals surface area (Å²) in [7, 11) is 1.19. The SMILES string of the molecule is COc1cc(F)cc(COc2cc(F)ccc2N)c1[N+](=O)[O-]. The minimum absolute atomic E-state index is 0.0116. The van der Waals surface area contributed by atoms with E-state index in [-0.39, 0.29) is 29.4 Å². The number of ether oxygens (including phenoxy) is 2. The third-order valence-electron chi connectivity index (χ3n) is 2.88. The Bertz CT molecular complexity index is 722. The lowest BCUT2D eigenvalue weighted by Gasteiger charge is -2.11. The monoisotopic (exact) mass is 310 g/mol. The van der Waals surface area contributed by atoms with Gasteiger partial charge in [0.15, 0.2) is 5.75 Å². The van der Waals surface area contributed by atoms with Crippen LogP contribution in [-0.4, -0.2) is 12.0 Å². The van der Waals surface area contributed by atoms with Gasteiger partial charge < -0.3 is 15.2 Å². The molecule has 0 saturated carbocycles. The van der Waals surface area contributed by atoms with Crippen LogP contribution >= 0.6 is 0 Å². The van der Waals surface area contributed by atoms with Gasteiger partial charge in [0.25, 0.3) is 0 Å². The molecule has 0 fully saturated rings. The lowest BCUT2D eigenvalue weighted by atomic mass is 10.1. The van der Waals surface area contributed by atoms with Crippen LogP contribution in [0.15, 0.2) is 30.3 Å². The Morgan fingerprint density at radius 2 is 1.86 bits per heavy atom. The highest BCUT2D eigenvalue weighted by atomic mass is 19.1. The molecule has 0 atom stereocenters. The first kappa shape index (κ1) is 15.5. The highest BCUT2D eigenvalue weighted by molar-refractivity contribution is 5.54. The average Bonchev–Trinajstić information content (AvgIpc) is 2.47. The first-order chi connectivity index (χ1) is 10.4. The maximum absolute atomic E-state index is 13.5. The first-order valence-corrected chi connectivity index (χ1v) is 6.11. The molecule has 2 rings (SSSR count). The summed E-state index contributed by atoms with van der Waals surface area (Å²) in [6.45, 7) is -0.363. The van der Waals surface area contributed by atoms with Crippen LogP contribution in [0.5, 0.6) is 11.5 Å². The molecule has 6 nitrogen and oxygen atoms in total. The van der Waals surface area contributed by atoms with Gasteiger partial charge in [-0.15, -0.1) is 0 Å². The van der Waals surface area contributed by atoms with Gasteiger partial charge in [-0.2, -0.15) is 0 Å². The van der Waals surface area contributed by atoms with Crippen molar-refractivity contribution < 1.29 is 23.2 Å². The van der Waals surface area contributed by atoms with Crippen LogP contribution in [0.2, 0.25) is 0 Å². The van der Waals surface area contributed by atoms with Gasteiger partial charge in [-0.25, -0.2) is 8.78 Å². The summed E-state index contributed by atoms with van der Waals surface area (Å²) in [5, 5.41) is 11.1. The molecule has 8 heteroatoms. The maximum Gasteiger partial charge on any atom is 0.317 e. The predicted octanol–water partition coefficient (Wildman–Crippen LogP) is 3.04. The first-order valence-electron chi connectivity index (χ1n) is 6.11. The quantitative estimate of drug-likeness (QED) is 0.521. The molecule has 116 valence electrons. The van der Waals surface area contributed by atoms with E-state index in [9.17, 15) is 18.9 Å². The Kier molecular flexibility index (Phi) is 4.40. The second-order valence-electron chi connectivity index (χ2n) is 4.34. The van der Waals surface area contributed by atoms with Crippen molar-refractivity contribution in [3.8, 4) is 11.5 Å². The molecule has 0 aromatic heterocycles. The van der Waals surface area contributed by atoms with Crippen molar-refractivity contribution in [3.05, 3.63) is 57.6 Å². The molecular formula is C14H12F2N2O4. The number of nitrogen functional groups attached to an aromatic ring is 1. The summed E-state index contributed by atoms with van der Waals surface area (Å²) in [6.07, 6.45) is 0. The van der Waals surface area contributed by atoms with Crippen molar-refractivity contribution in [3.63, 3.8) is 0 Å². The largest absolute Gasteiger partial charge is 0.490 e. The van der Waals surface area contributed by atoms with Gasteiger partial charge in [-0.05, 0) is 18.2 Å². The molecule has 0 saturated heterocycles. The number of nitro benzene ring substituents is 1. The molecule has 0 amide bonds. The molecule has 0 unspecified atom stereocenters. The predicted molar refractivity (Wildman–Crippen MR) is 74.8 cm³/mol. The molecule has 22 heavy (non-hydrogen) atoms. The Labute approximate surface area is 124 Å². The van der Waals surface area contributed by atoms with Crippen molar-refractivity contribution in [2.75, 3.05) is 12.8 Å². The third kappa shape index (κ3) is 3.22. The molecule has 0 aliphatic heterocycles. The molecule has 0 radical (unpaired) electrons. The van der Waals surface area contributed by atoms with Gasteiger partial charge in [0.05, 0.1) is 23.3 Å². The van der Waals surface area contributed by atoms with Crippen LogP contribution < -0.4 is 15.2 Å². The van der Waals surface area contributed by atoms with Crippen molar-refractivity contribution in [2.45, 2.75) is 6.61 Å². The summed E-state index contributed by atoms with van der Waals surface area (Å²) in [5.74, 6) is -1.50. The number of anilines is 1. The van der Waals surface area contributed by atoms with Gasteiger partial charge >= 0.3 is 5.69 Å². The standard InChI is InChI=1S/C14H12F2N2O4/c1-21-13-6-10(16)4-8(14(13)18(19)20)7-22-12-5-9(15)2-3-11(12)17/h2-6H,7,17H2,1H3. The van der Waals surface area contributed by atoms with E-state index in [4.69, 9.17) is 15.2 Å². The van der Waals surface area contributed by atoms with Crippen molar-refractivity contribution in [2.24, 2.45) is 0 Å². The second-order valence-corrected chi connectivity index (χ2v) is 4.34. The Balaban J connectivity index is 2.35. The van der Waals surface area contributed by atoms with Gasteiger partial charge in [-0.3, -0.25) is 10.1 Å². The fourth-order valence-corrected chi connectivity index (χ4v) is 1.89. The summed E-state index contributed by atoms with van der Waals surface area (Å²) < 4.78 is 36.7. The summed E-state index contributed by atoms with van der Waals surface area (Å²) in [4.78, 5) is 10.4. The number of halogens is 2. The molecule has 2 aromatic carbocycles. The minimum atomic E-state index is -0.715. The van der Waals surface area contributed by atoms with E-state index in [2.05, 4.69) is 0 Å². The number of nitrogens with zero attached hydrogens (tertiary/aromatic N) is 1. The van der Waals surface area contributed by atoms with Crippen LogP contribution in [0.3, 0.4) is 0 Å². The van der Waals surface area contributed by atoms with E-state index < -0.39 is 22.2 Å². The topological polar surface area (TPSA) is 87.6 Å². The molecule has 0 spiro atoms. The fraction of sp³-hybridized carbons (Fsp3) is 0.143. The molecule has 0 aliphatic rings. The number of methoxy groups -OCH3 is 1. The molecule has 0 bridgehead atoms. The number of hydrogen-bond donors (Lipinski definition) is 1.